The number of aryl methyl sites for hydroxylation is 1. The van der Waals surface area contributed by atoms with E-state index in [1.807, 2.05) is 12.5 Å². The minimum absolute atomic E-state index is 0.844. The highest BCUT2D eigenvalue weighted by Gasteiger charge is 2.02. The van der Waals surface area contributed by atoms with Gasteiger partial charge in [0.1, 0.15) is 5.82 Å². The highest BCUT2D eigenvalue weighted by molar-refractivity contribution is 5.75. The van der Waals surface area contributed by atoms with Gasteiger partial charge in [0.15, 0.2) is 0 Å². The highest BCUT2D eigenvalue weighted by Crippen LogP contribution is 2.14. The number of nitrogens with one attached hydrogen (secondary N) is 1. The zero-order valence-corrected chi connectivity index (χ0v) is 9.72. The van der Waals surface area contributed by atoms with Crippen molar-refractivity contribution in [2.45, 2.75) is 19.9 Å². The van der Waals surface area contributed by atoms with E-state index in [1.54, 1.807) is 6.20 Å². The van der Waals surface area contributed by atoms with Crippen LogP contribution in [-0.4, -0.2) is 19.5 Å². The molecule has 2 aromatic heterocycles. The van der Waals surface area contributed by atoms with Crippen LogP contribution in [0.25, 0.3) is 11.0 Å². The summed E-state index contributed by atoms with van der Waals surface area (Å²) in [6.45, 7) is 2.94. The lowest BCUT2D eigenvalue weighted by molar-refractivity contribution is 0.798. The van der Waals surface area contributed by atoms with Gasteiger partial charge in [0, 0.05) is 25.4 Å². The van der Waals surface area contributed by atoms with E-state index in [0.29, 0.717) is 0 Å². The number of H-pyrrole nitrogens is 1. The molecule has 0 bridgehead atoms. The van der Waals surface area contributed by atoms with Gasteiger partial charge in [0.05, 0.1) is 17.4 Å². The molecule has 2 heterocycles. The molecule has 3 aromatic rings. The number of aromatic amines is 1. The van der Waals surface area contributed by atoms with Gasteiger partial charge >= 0.3 is 0 Å². The van der Waals surface area contributed by atoms with Gasteiger partial charge in [-0.15, -0.1) is 0 Å². The van der Waals surface area contributed by atoms with Gasteiger partial charge in [-0.1, -0.05) is 13.0 Å². The zero-order valence-electron chi connectivity index (χ0n) is 9.72. The van der Waals surface area contributed by atoms with Gasteiger partial charge in [-0.05, 0) is 17.7 Å². The number of fused-ring (bicyclic) bond motifs is 1. The predicted octanol–water partition coefficient (Wildman–Crippen LogP) is 2.37. The Kier molecular flexibility index (Phi) is 2.40. The average molecular weight is 226 g/mol. The second kappa shape index (κ2) is 4.05. The molecule has 0 saturated heterocycles. The normalized spacial score (nSPS) is 11.1. The van der Waals surface area contributed by atoms with Gasteiger partial charge in [0.2, 0.25) is 0 Å². The van der Waals surface area contributed by atoms with Crippen molar-refractivity contribution in [1.29, 1.82) is 0 Å². The van der Waals surface area contributed by atoms with Gasteiger partial charge in [0.25, 0.3) is 0 Å². The van der Waals surface area contributed by atoms with Crippen molar-refractivity contribution in [1.82, 2.24) is 19.5 Å². The van der Waals surface area contributed by atoms with Crippen molar-refractivity contribution in [2.75, 3.05) is 0 Å². The molecule has 4 heteroatoms. The smallest absolute Gasteiger partial charge is 0.106 e. The molecule has 0 aliphatic heterocycles. The molecular weight excluding hydrogens is 212 g/mol. The lowest BCUT2D eigenvalue weighted by Crippen LogP contribution is -1.95. The first-order chi connectivity index (χ1) is 8.35. The quantitative estimate of drug-likeness (QED) is 0.745. The van der Waals surface area contributed by atoms with E-state index in [4.69, 9.17) is 0 Å². The summed E-state index contributed by atoms with van der Waals surface area (Å²) in [4.78, 5) is 11.9. The van der Waals surface area contributed by atoms with Crippen LogP contribution >= 0.6 is 0 Å². The third-order valence-corrected chi connectivity index (χ3v) is 2.85. The maximum absolute atomic E-state index is 4.49. The highest BCUT2D eigenvalue weighted by atomic mass is 15.0. The Bertz CT molecular complexity index is 622. The van der Waals surface area contributed by atoms with Crippen molar-refractivity contribution < 1.29 is 0 Å². The SMILES string of the molecule is CCc1nc2ccc(Cn3ccnc3)cc2[nH]1. The number of imidazole rings is 2. The van der Waals surface area contributed by atoms with Gasteiger partial charge in [-0.25, -0.2) is 9.97 Å². The van der Waals surface area contributed by atoms with Crippen LogP contribution in [0.5, 0.6) is 0 Å². The van der Waals surface area contributed by atoms with Crippen LogP contribution in [0.1, 0.15) is 18.3 Å². The molecule has 0 fully saturated rings. The maximum Gasteiger partial charge on any atom is 0.106 e. The maximum atomic E-state index is 4.49. The van der Waals surface area contributed by atoms with Crippen LogP contribution in [0.15, 0.2) is 36.9 Å². The summed E-state index contributed by atoms with van der Waals surface area (Å²) in [7, 11) is 0. The minimum Gasteiger partial charge on any atom is -0.342 e. The molecule has 86 valence electrons. The molecule has 0 aliphatic carbocycles. The van der Waals surface area contributed by atoms with Crippen molar-refractivity contribution in [3.8, 4) is 0 Å². The molecule has 1 N–H and O–H groups in total. The Morgan fingerprint density at radius 3 is 3.06 bits per heavy atom. The van der Waals surface area contributed by atoms with E-state index >= 15 is 0 Å². The van der Waals surface area contributed by atoms with Crippen molar-refractivity contribution in [3.63, 3.8) is 0 Å². The van der Waals surface area contributed by atoms with E-state index in [-0.39, 0.29) is 0 Å². The van der Waals surface area contributed by atoms with E-state index in [2.05, 4.69) is 44.6 Å². The summed E-state index contributed by atoms with van der Waals surface area (Å²) in [6.07, 6.45) is 6.53. The summed E-state index contributed by atoms with van der Waals surface area (Å²) >= 11 is 0. The molecule has 4 nitrogen and oxygen atoms in total. The molecule has 0 atom stereocenters. The van der Waals surface area contributed by atoms with Crippen molar-refractivity contribution in [2.24, 2.45) is 0 Å². The first-order valence-corrected chi connectivity index (χ1v) is 5.78. The molecule has 0 amide bonds. The van der Waals surface area contributed by atoms with Gasteiger partial charge in [-0.3, -0.25) is 0 Å². The van der Waals surface area contributed by atoms with Crippen molar-refractivity contribution >= 4 is 11.0 Å². The topological polar surface area (TPSA) is 46.5 Å². The Labute approximate surface area is 99.3 Å². The summed E-state index contributed by atoms with van der Waals surface area (Å²) in [5.41, 5.74) is 3.40. The molecule has 0 saturated carbocycles. The fraction of sp³-hybridized carbons (Fsp3) is 0.231. The second-order valence-corrected chi connectivity index (χ2v) is 4.12. The number of aromatic nitrogens is 4. The Morgan fingerprint density at radius 1 is 1.35 bits per heavy atom. The Morgan fingerprint density at radius 2 is 2.29 bits per heavy atom. The van der Waals surface area contributed by atoms with Crippen LogP contribution in [-0.2, 0) is 13.0 Å². The monoisotopic (exact) mass is 226 g/mol. The summed E-state index contributed by atoms with van der Waals surface area (Å²) in [5.74, 6) is 1.04. The average Bonchev–Trinajstić information content (AvgIpc) is 2.96. The summed E-state index contributed by atoms with van der Waals surface area (Å²) in [5, 5.41) is 0. The fourth-order valence-corrected chi connectivity index (χ4v) is 1.97. The van der Waals surface area contributed by atoms with Gasteiger partial charge < -0.3 is 9.55 Å². The molecule has 1 aromatic carbocycles. The number of benzene rings is 1. The van der Waals surface area contributed by atoms with Crippen LogP contribution in [0.2, 0.25) is 0 Å². The van der Waals surface area contributed by atoms with E-state index in [0.717, 1.165) is 29.8 Å². The number of hydrogen-bond donors (Lipinski definition) is 1. The molecule has 3 rings (SSSR count). The number of nitrogens with zero attached hydrogens (tertiary/aromatic N) is 3. The molecular formula is C13H14N4. The van der Waals surface area contributed by atoms with Gasteiger partial charge in [-0.2, -0.15) is 0 Å². The number of rotatable bonds is 3. The second-order valence-electron chi connectivity index (χ2n) is 4.12. The first-order valence-electron chi connectivity index (χ1n) is 5.78. The van der Waals surface area contributed by atoms with Crippen LogP contribution in [0.3, 0.4) is 0 Å². The molecule has 0 spiro atoms. The van der Waals surface area contributed by atoms with Crippen LogP contribution in [0.4, 0.5) is 0 Å². The first kappa shape index (κ1) is 10.1. The zero-order chi connectivity index (χ0) is 11.7. The molecule has 0 unspecified atom stereocenters. The van der Waals surface area contributed by atoms with Crippen molar-refractivity contribution in [3.05, 3.63) is 48.3 Å². The third kappa shape index (κ3) is 1.93. The molecule has 0 radical (unpaired) electrons. The fourth-order valence-electron chi connectivity index (χ4n) is 1.97. The largest absolute Gasteiger partial charge is 0.342 e. The minimum atomic E-state index is 0.844. The van der Waals surface area contributed by atoms with Crippen LogP contribution in [0, 0.1) is 0 Å². The van der Waals surface area contributed by atoms with E-state index in [9.17, 15) is 0 Å². The predicted molar refractivity (Wildman–Crippen MR) is 66.8 cm³/mol. The Balaban J connectivity index is 1.95. The summed E-state index contributed by atoms with van der Waals surface area (Å²) < 4.78 is 2.05. The number of hydrogen-bond acceptors (Lipinski definition) is 2. The Hall–Kier alpha value is -2.10. The van der Waals surface area contributed by atoms with E-state index in [1.165, 1.54) is 5.56 Å². The standard InChI is InChI=1S/C13H14N4/c1-2-13-15-11-4-3-10(7-12(11)16-13)8-17-6-5-14-9-17/h3-7,9H,2,8H2,1H3,(H,15,16). The molecule has 0 aliphatic rings. The summed E-state index contributed by atoms with van der Waals surface area (Å²) in [6, 6.07) is 6.33. The van der Waals surface area contributed by atoms with E-state index < -0.39 is 0 Å². The van der Waals surface area contributed by atoms with Crippen LogP contribution < -0.4 is 0 Å². The lowest BCUT2D eigenvalue weighted by atomic mass is 10.2. The molecule has 17 heavy (non-hydrogen) atoms. The third-order valence-electron chi connectivity index (χ3n) is 2.85. The lowest BCUT2D eigenvalue weighted by Gasteiger charge is -2.01.